The minimum absolute atomic E-state index is 0.325. The molecule has 70 valence electrons. The second-order valence-corrected chi connectivity index (χ2v) is 3.48. The highest BCUT2D eigenvalue weighted by Gasteiger charge is 2.26. The first kappa shape index (κ1) is 9.75. The van der Waals surface area contributed by atoms with Crippen LogP contribution in [-0.2, 0) is 9.47 Å². The van der Waals surface area contributed by atoms with E-state index >= 15 is 0 Å². The smallest absolute Gasteiger partial charge is 0.0658 e. The molecular weight excluding hydrogens is 152 g/mol. The molecule has 0 aromatic carbocycles. The van der Waals surface area contributed by atoms with Crippen LogP contribution in [0.15, 0.2) is 12.2 Å². The van der Waals surface area contributed by atoms with Gasteiger partial charge in [-0.3, -0.25) is 0 Å². The Morgan fingerprint density at radius 1 is 1.50 bits per heavy atom. The van der Waals surface area contributed by atoms with Crippen molar-refractivity contribution >= 4 is 0 Å². The molecule has 0 saturated heterocycles. The molecule has 0 aromatic heterocycles. The molecule has 0 spiro atoms. The van der Waals surface area contributed by atoms with Crippen molar-refractivity contribution in [3.8, 4) is 0 Å². The Bertz CT molecular complexity index is 154. The van der Waals surface area contributed by atoms with Crippen molar-refractivity contribution in [3.63, 3.8) is 0 Å². The van der Waals surface area contributed by atoms with Crippen LogP contribution in [0.5, 0.6) is 0 Å². The Kier molecular flexibility index (Phi) is 3.76. The Morgan fingerprint density at radius 2 is 2.25 bits per heavy atom. The highest BCUT2D eigenvalue weighted by atomic mass is 16.5. The molecule has 0 N–H and O–H groups in total. The van der Waals surface area contributed by atoms with Crippen LogP contribution in [0.1, 0.15) is 19.3 Å². The molecule has 1 aliphatic rings. The number of ether oxygens (including phenoxy) is 2. The third kappa shape index (κ3) is 2.32. The molecule has 0 unspecified atom stereocenters. The minimum atomic E-state index is 0.325. The summed E-state index contributed by atoms with van der Waals surface area (Å²) in [6.07, 6.45) is 3.62. The molecule has 1 saturated carbocycles. The fraction of sp³-hybridized carbons (Fsp3) is 0.800. The van der Waals surface area contributed by atoms with Crippen molar-refractivity contribution in [1.29, 1.82) is 0 Å². The maximum Gasteiger partial charge on any atom is 0.0658 e. The van der Waals surface area contributed by atoms with Crippen LogP contribution < -0.4 is 0 Å². The first-order valence-electron chi connectivity index (χ1n) is 4.46. The molecular formula is C10H18O2. The van der Waals surface area contributed by atoms with E-state index in [1.54, 1.807) is 14.2 Å². The highest BCUT2D eigenvalue weighted by Crippen LogP contribution is 2.29. The van der Waals surface area contributed by atoms with E-state index in [1.165, 1.54) is 5.57 Å². The molecule has 1 rings (SSSR count). The normalized spacial score (nSPS) is 30.7. The van der Waals surface area contributed by atoms with Crippen molar-refractivity contribution in [2.45, 2.75) is 25.4 Å². The largest absolute Gasteiger partial charge is 0.384 e. The standard InChI is InChI=1S/C10H18O2/c1-8-4-5-9(7-11-2)10(6-8)12-3/h9-10H,1,4-7H2,2-3H3/t9-,10-/m0/s1. The highest BCUT2D eigenvalue weighted by molar-refractivity contribution is 5.02. The maximum absolute atomic E-state index is 5.39. The van der Waals surface area contributed by atoms with E-state index in [-0.39, 0.29) is 0 Å². The Labute approximate surface area is 74.6 Å². The lowest BCUT2D eigenvalue weighted by Crippen LogP contribution is -2.30. The maximum atomic E-state index is 5.39. The molecule has 12 heavy (non-hydrogen) atoms. The first-order valence-corrected chi connectivity index (χ1v) is 4.46. The lowest BCUT2D eigenvalue weighted by Gasteiger charge is -2.31. The Hall–Kier alpha value is -0.340. The van der Waals surface area contributed by atoms with Crippen molar-refractivity contribution < 1.29 is 9.47 Å². The zero-order valence-corrected chi connectivity index (χ0v) is 8.01. The van der Waals surface area contributed by atoms with Crippen molar-refractivity contribution in [2.24, 2.45) is 5.92 Å². The van der Waals surface area contributed by atoms with Gasteiger partial charge < -0.3 is 9.47 Å². The third-order valence-corrected chi connectivity index (χ3v) is 2.57. The summed E-state index contributed by atoms with van der Waals surface area (Å²) in [5.41, 5.74) is 1.31. The topological polar surface area (TPSA) is 18.5 Å². The number of rotatable bonds is 3. The average molecular weight is 170 g/mol. The van der Waals surface area contributed by atoms with Gasteiger partial charge in [0.25, 0.3) is 0 Å². The Balaban J connectivity index is 2.44. The molecule has 0 heterocycles. The average Bonchev–Trinajstić information content (AvgIpc) is 2.08. The third-order valence-electron chi connectivity index (χ3n) is 2.57. The molecule has 0 bridgehead atoms. The van der Waals surface area contributed by atoms with Crippen LogP contribution in [0.2, 0.25) is 0 Å². The predicted molar refractivity (Wildman–Crippen MR) is 49.2 cm³/mol. The SMILES string of the molecule is C=C1CC[C@@H](COC)[C@@H](OC)C1. The van der Waals surface area contributed by atoms with Gasteiger partial charge in [-0.25, -0.2) is 0 Å². The van der Waals surface area contributed by atoms with E-state index in [4.69, 9.17) is 9.47 Å². The van der Waals surface area contributed by atoms with E-state index in [0.717, 1.165) is 25.9 Å². The summed E-state index contributed by atoms with van der Waals surface area (Å²) in [7, 11) is 3.52. The lowest BCUT2D eigenvalue weighted by atomic mass is 9.84. The zero-order valence-electron chi connectivity index (χ0n) is 8.01. The van der Waals surface area contributed by atoms with Crippen LogP contribution >= 0.6 is 0 Å². The van der Waals surface area contributed by atoms with Crippen molar-refractivity contribution in [1.82, 2.24) is 0 Å². The summed E-state index contributed by atoms with van der Waals surface area (Å²) in [4.78, 5) is 0. The van der Waals surface area contributed by atoms with E-state index in [2.05, 4.69) is 6.58 Å². The van der Waals surface area contributed by atoms with E-state index in [1.807, 2.05) is 0 Å². The van der Waals surface area contributed by atoms with Gasteiger partial charge in [0.2, 0.25) is 0 Å². The fourth-order valence-electron chi connectivity index (χ4n) is 1.81. The van der Waals surface area contributed by atoms with Gasteiger partial charge in [-0.2, -0.15) is 0 Å². The van der Waals surface area contributed by atoms with Crippen LogP contribution in [-0.4, -0.2) is 26.9 Å². The van der Waals surface area contributed by atoms with E-state index in [0.29, 0.717) is 12.0 Å². The van der Waals surface area contributed by atoms with Gasteiger partial charge in [0.1, 0.15) is 0 Å². The number of methoxy groups -OCH3 is 2. The van der Waals surface area contributed by atoms with Gasteiger partial charge in [-0.1, -0.05) is 12.2 Å². The van der Waals surface area contributed by atoms with Crippen LogP contribution in [0.4, 0.5) is 0 Å². The monoisotopic (exact) mass is 170 g/mol. The molecule has 0 aliphatic heterocycles. The van der Waals surface area contributed by atoms with Gasteiger partial charge in [-0.15, -0.1) is 0 Å². The summed E-state index contributed by atoms with van der Waals surface area (Å²) in [6, 6.07) is 0. The molecule has 1 fully saturated rings. The fourth-order valence-corrected chi connectivity index (χ4v) is 1.81. The second kappa shape index (κ2) is 4.63. The number of hydrogen-bond donors (Lipinski definition) is 0. The van der Waals surface area contributed by atoms with Gasteiger partial charge in [0.05, 0.1) is 12.7 Å². The van der Waals surface area contributed by atoms with Gasteiger partial charge >= 0.3 is 0 Å². The van der Waals surface area contributed by atoms with Gasteiger partial charge in [0.15, 0.2) is 0 Å². The van der Waals surface area contributed by atoms with Gasteiger partial charge in [-0.05, 0) is 19.3 Å². The predicted octanol–water partition coefficient (Wildman–Crippen LogP) is 2.00. The molecule has 2 atom stereocenters. The summed E-state index contributed by atoms with van der Waals surface area (Å²) in [5.74, 6) is 0.561. The van der Waals surface area contributed by atoms with Crippen molar-refractivity contribution in [3.05, 3.63) is 12.2 Å². The molecule has 0 radical (unpaired) electrons. The molecule has 0 amide bonds. The second-order valence-electron chi connectivity index (χ2n) is 3.48. The van der Waals surface area contributed by atoms with Gasteiger partial charge in [0, 0.05) is 20.1 Å². The Morgan fingerprint density at radius 3 is 2.83 bits per heavy atom. The molecule has 0 aromatic rings. The summed E-state index contributed by atoms with van der Waals surface area (Å²) >= 11 is 0. The van der Waals surface area contributed by atoms with Crippen molar-refractivity contribution in [2.75, 3.05) is 20.8 Å². The number of hydrogen-bond acceptors (Lipinski definition) is 2. The van der Waals surface area contributed by atoms with Crippen LogP contribution in [0.25, 0.3) is 0 Å². The van der Waals surface area contributed by atoms with E-state index < -0.39 is 0 Å². The summed E-state index contributed by atoms with van der Waals surface area (Å²) in [6.45, 7) is 4.80. The van der Waals surface area contributed by atoms with Crippen LogP contribution in [0, 0.1) is 5.92 Å². The quantitative estimate of drug-likeness (QED) is 0.603. The minimum Gasteiger partial charge on any atom is -0.384 e. The summed E-state index contributed by atoms with van der Waals surface area (Å²) in [5, 5.41) is 0. The first-order chi connectivity index (χ1) is 5.77. The van der Waals surface area contributed by atoms with Crippen LogP contribution in [0.3, 0.4) is 0 Å². The summed E-state index contributed by atoms with van der Waals surface area (Å²) < 4.78 is 10.5. The molecule has 1 aliphatic carbocycles. The van der Waals surface area contributed by atoms with E-state index in [9.17, 15) is 0 Å². The zero-order chi connectivity index (χ0) is 8.97. The molecule has 2 heteroatoms. The lowest BCUT2D eigenvalue weighted by molar-refractivity contribution is 0.00206. The molecule has 2 nitrogen and oxygen atoms in total.